The number of nitrogens with zero attached hydrogens (tertiary/aromatic N) is 5. The van der Waals surface area contributed by atoms with Gasteiger partial charge in [0.05, 0.1) is 29.9 Å². The van der Waals surface area contributed by atoms with E-state index in [-0.39, 0.29) is 24.6 Å². The smallest absolute Gasteiger partial charge is 0.361 e. The lowest BCUT2D eigenvalue weighted by molar-refractivity contribution is -0.137. The molecule has 0 aliphatic heterocycles. The molecule has 3 heterocycles. The Balaban J connectivity index is 1.46. The summed E-state index contributed by atoms with van der Waals surface area (Å²) in [5.74, 6) is 0.131. The van der Waals surface area contributed by atoms with E-state index in [0.717, 1.165) is 12.1 Å². The Morgan fingerprint density at radius 3 is 2.75 bits per heavy atom. The van der Waals surface area contributed by atoms with Gasteiger partial charge in [-0.05, 0) is 24.6 Å². The van der Waals surface area contributed by atoms with Gasteiger partial charge in [-0.15, -0.1) is 0 Å². The van der Waals surface area contributed by atoms with Gasteiger partial charge in [-0.25, -0.2) is 0 Å². The molecule has 8 nitrogen and oxygen atoms in total. The molecule has 0 atom stereocenters. The number of carbonyl (C=O) groups is 1. The van der Waals surface area contributed by atoms with Crippen molar-refractivity contribution in [1.82, 2.24) is 24.7 Å². The van der Waals surface area contributed by atoms with Crippen LogP contribution in [-0.2, 0) is 19.3 Å². The Kier molecular flexibility index (Phi) is 5.74. The number of halogens is 4. The van der Waals surface area contributed by atoms with Crippen molar-refractivity contribution in [3.05, 3.63) is 82.1 Å². The maximum atomic E-state index is 12.9. The van der Waals surface area contributed by atoms with E-state index in [9.17, 15) is 18.0 Å². The van der Waals surface area contributed by atoms with Gasteiger partial charge in [0.2, 0.25) is 0 Å². The van der Waals surface area contributed by atoms with Crippen molar-refractivity contribution < 1.29 is 22.5 Å². The molecular formula is C20H16ClF3N6O2. The number of amides is 1. The van der Waals surface area contributed by atoms with E-state index in [1.807, 2.05) is 0 Å². The summed E-state index contributed by atoms with van der Waals surface area (Å²) in [7, 11) is 0. The van der Waals surface area contributed by atoms with Crippen LogP contribution < -0.4 is 5.32 Å². The zero-order valence-electron chi connectivity index (χ0n) is 16.6. The van der Waals surface area contributed by atoms with E-state index in [2.05, 4.69) is 20.7 Å². The van der Waals surface area contributed by atoms with Crippen LogP contribution >= 0.6 is 11.6 Å². The van der Waals surface area contributed by atoms with Crippen LogP contribution in [0.4, 0.5) is 19.0 Å². The Hall–Kier alpha value is -3.60. The Morgan fingerprint density at radius 2 is 2.03 bits per heavy atom. The maximum absolute atomic E-state index is 12.9. The predicted molar refractivity (Wildman–Crippen MR) is 108 cm³/mol. The summed E-state index contributed by atoms with van der Waals surface area (Å²) in [6, 6.07) is 6.51. The van der Waals surface area contributed by atoms with E-state index < -0.39 is 17.6 Å². The number of alkyl halides is 3. The van der Waals surface area contributed by atoms with Crippen LogP contribution in [-0.4, -0.2) is 30.6 Å². The molecule has 4 aromatic rings. The summed E-state index contributed by atoms with van der Waals surface area (Å²) < 4.78 is 46.8. The molecule has 12 heteroatoms. The fourth-order valence-corrected chi connectivity index (χ4v) is 3.22. The van der Waals surface area contributed by atoms with Gasteiger partial charge in [0, 0.05) is 24.0 Å². The average Bonchev–Trinajstić information content (AvgIpc) is 3.43. The van der Waals surface area contributed by atoms with Crippen LogP contribution in [0.2, 0.25) is 5.02 Å². The number of hydrogen-bond acceptors (Lipinski definition) is 5. The largest absolute Gasteiger partial charge is 0.416 e. The highest BCUT2D eigenvalue weighted by Crippen LogP contribution is 2.29. The zero-order valence-corrected chi connectivity index (χ0v) is 17.4. The number of rotatable bonds is 6. The molecule has 0 saturated carbocycles. The molecule has 3 aromatic heterocycles. The standard InChI is InChI=1S/C20H16ClF3N6O2/c1-12-16(11-30-10-15(21)8-25-30)18(28-32-12)19(31)26-17-5-6-29(27-17)9-13-3-2-4-14(7-13)20(22,23)24/h2-8,10H,9,11H2,1H3,(H,26,27,31). The number of aryl methyl sites for hydroxylation is 1. The molecule has 0 radical (unpaired) electrons. The second-order valence-corrected chi connectivity index (χ2v) is 7.41. The van der Waals surface area contributed by atoms with Gasteiger partial charge in [0.25, 0.3) is 5.91 Å². The zero-order chi connectivity index (χ0) is 22.9. The van der Waals surface area contributed by atoms with Crippen molar-refractivity contribution in [3.8, 4) is 0 Å². The lowest BCUT2D eigenvalue weighted by atomic mass is 10.1. The first-order chi connectivity index (χ1) is 15.2. The predicted octanol–water partition coefficient (Wildman–Crippen LogP) is 4.40. The minimum Gasteiger partial charge on any atom is -0.361 e. The van der Waals surface area contributed by atoms with Crippen molar-refractivity contribution in [2.24, 2.45) is 0 Å². The highest BCUT2D eigenvalue weighted by Gasteiger charge is 2.30. The van der Waals surface area contributed by atoms with E-state index in [0.29, 0.717) is 21.9 Å². The topological polar surface area (TPSA) is 90.8 Å². The average molecular weight is 465 g/mol. The van der Waals surface area contributed by atoms with Crippen molar-refractivity contribution in [3.63, 3.8) is 0 Å². The summed E-state index contributed by atoms with van der Waals surface area (Å²) in [6.07, 6.45) is 0.205. The minimum absolute atomic E-state index is 0.0709. The highest BCUT2D eigenvalue weighted by atomic mass is 35.5. The van der Waals surface area contributed by atoms with Crippen molar-refractivity contribution >= 4 is 23.3 Å². The van der Waals surface area contributed by atoms with E-state index in [1.165, 1.54) is 23.0 Å². The summed E-state index contributed by atoms with van der Waals surface area (Å²) in [5.41, 5.74) is 0.295. The first-order valence-electron chi connectivity index (χ1n) is 9.33. The van der Waals surface area contributed by atoms with Gasteiger partial charge in [-0.2, -0.15) is 23.4 Å². The quantitative estimate of drug-likeness (QED) is 0.457. The molecule has 4 rings (SSSR count). The normalized spacial score (nSPS) is 11.7. The minimum atomic E-state index is -4.42. The number of aromatic nitrogens is 5. The van der Waals surface area contributed by atoms with Crippen LogP contribution in [0.15, 0.2) is 53.4 Å². The van der Waals surface area contributed by atoms with E-state index in [1.54, 1.807) is 30.1 Å². The van der Waals surface area contributed by atoms with Crippen LogP contribution in [0, 0.1) is 6.92 Å². The monoisotopic (exact) mass is 464 g/mol. The highest BCUT2D eigenvalue weighted by molar-refractivity contribution is 6.30. The van der Waals surface area contributed by atoms with Gasteiger partial charge in [0.15, 0.2) is 11.5 Å². The molecule has 0 aliphatic rings. The number of nitrogens with one attached hydrogen (secondary N) is 1. The van der Waals surface area contributed by atoms with Gasteiger partial charge < -0.3 is 9.84 Å². The van der Waals surface area contributed by atoms with Crippen molar-refractivity contribution in [2.45, 2.75) is 26.2 Å². The Morgan fingerprint density at radius 1 is 1.22 bits per heavy atom. The molecule has 0 bridgehead atoms. The van der Waals surface area contributed by atoms with Gasteiger partial charge in [0.1, 0.15) is 5.76 Å². The van der Waals surface area contributed by atoms with Crippen LogP contribution in [0.1, 0.15) is 32.9 Å². The second-order valence-electron chi connectivity index (χ2n) is 6.97. The van der Waals surface area contributed by atoms with Crippen LogP contribution in [0.25, 0.3) is 0 Å². The summed E-state index contributed by atoms with van der Waals surface area (Å²) in [5, 5.41) is 15.2. The molecule has 32 heavy (non-hydrogen) atoms. The molecule has 1 N–H and O–H groups in total. The Labute approximate surface area is 184 Å². The molecule has 0 saturated heterocycles. The first-order valence-corrected chi connectivity index (χ1v) is 9.71. The molecule has 0 spiro atoms. The van der Waals surface area contributed by atoms with E-state index >= 15 is 0 Å². The number of benzene rings is 1. The van der Waals surface area contributed by atoms with Gasteiger partial charge in [-0.1, -0.05) is 28.9 Å². The molecular weight excluding hydrogens is 449 g/mol. The number of carbonyl (C=O) groups excluding carboxylic acids is 1. The van der Waals surface area contributed by atoms with Crippen molar-refractivity contribution in [1.29, 1.82) is 0 Å². The third-order valence-corrected chi connectivity index (χ3v) is 4.80. The summed E-state index contributed by atoms with van der Waals surface area (Å²) in [6.45, 7) is 2.01. The lowest BCUT2D eigenvalue weighted by Gasteiger charge is -2.08. The summed E-state index contributed by atoms with van der Waals surface area (Å²) >= 11 is 5.87. The third-order valence-electron chi connectivity index (χ3n) is 4.60. The third kappa shape index (κ3) is 4.83. The fraction of sp³-hybridized carbons (Fsp3) is 0.200. The SMILES string of the molecule is Cc1onc(C(=O)Nc2ccn(Cc3cccc(C(F)(F)F)c3)n2)c1Cn1cc(Cl)cn1. The van der Waals surface area contributed by atoms with Crippen LogP contribution in [0.5, 0.6) is 0 Å². The first kappa shape index (κ1) is 21.6. The molecule has 0 unspecified atom stereocenters. The van der Waals surface area contributed by atoms with Gasteiger partial charge in [-0.3, -0.25) is 14.2 Å². The molecule has 166 valence electrons. The Bertz CT molecular complexity index is 1260. The second kappa shape index (κ2) is 8.50. The number of hydrogen-bond donors (Lipinski definition) is 1. The maximum Gasteiger partial charge on any atom is 0.416 e. The lowest BCUT2D eigenvalue weighted by Crippen LogP contribution is -2.16. The molecule has 1 aromatic carbocycles. The van der Waals surface area contributed by atoms with E-state index in [4.69, 9.17) is 16.1 Å². The molecule has 1 amide bonds. The van der Waals surface area contributed by atoms with Crippen LogP contribution in [0.3, 0.4) is 0 Å². The number of anilines is 1. The summed E-state index contributed by atoms with van der Waals surface area (Å²) in [4.78, 5) is 12.7. The van der Waals surface area contributed by atoms with Gasteiger partial charge >= 0.3 is 6.18 Å². The van der Waals surface area contributed by atoms with Crippen molar-refractivity contribution in [2.75, 3.05) is 5.32 Å². The fourth-order valence-electron chi connectivity index (χ4n) is 3.07. The molecule has 0 fully saturated rings. The molecule has 0 aliphatic carbocycles.